The molecule has 0 aliphatic rings. The Morgan fingerprint density at radius 3 is 2.30 bits per heavy atom. The average Bonchev–Trinajstić information content (AvgIpc) is 2.43. The monoisotopic (exact) mass is 276 g/mol. The van der Waals surface area contributed by atoms with E-state index in [1.165, 1.54) is 6.07 Å². The van der Waals surface area contributed by atoms with Crippen molar-refractivity contribution in [3.63, 3.8) is 0 Å². The van der Waals surface area contributed by atoms with Crippen molar-refractivity contribution in [2.75, 3.05) is 19.0 Å². The Bertz CT molecular complexity index is 580. The molecule has 1 unspecified atom stereocenters. The summed E-state index contributed by atoms with van der Waals surface area (Å²) in [6, 6.07) is 10.8. The van der Waals surface area contributed by atoms with E-state index in [0.29, 0.717) is 5.56 Å². The maximum Gasteiger partial charge on any atom is 0.126 e. The molecule has 0 aliphatic carbocycles. The van der Waals surface area contributed by atoms with Crippen LogP contribution >= 0.6 is 0 Å². The van der Waals surface area contributed by atoms with Crippen LogP contribution in [0.25, 0.3) is 0 Å². The summed E-state index contributed by atoms with van der Waals surface area (Å²) < 4.78 is 26.7. The molecular formula is C16H18F2N2. The molecule has 20 heavy (non-hydrogen) atoms. The van der Waals surface area contributed by atoms with Gasteiger partial charge in [-0.3, -0.25) is 0 Å². The first-order chi connectivity index (χ1) is 9.47. The van der Waals surface area contributed by atoms with Crippen molar-refractivity contribution in [3.05, 3.63) is 65.2 Å². The summed E-state index contributed by atoms with van der Waals surface area (Å²) in [5, 5.41) is 0. The van der Waals surface area contributed by atoms with E-state index in [1.54, 1.807) is 0 Å². The standard InChI is InChI=1S/C16H18F2N2/c1-20(2)14-6-3-11(4-7-14)16(19)10-12-9-13(17)5-8-15(12)18/h3-9,16H,10,19H2,1-2H3. The third kappa shape index (κ3) is 3.33. The number of anilines is 1. The van der Waals surface area contributed by atoms with Gasteiger partial charge in [0.2, 0.25) is 0 Å². The number of benzene rings is 2. The topological polar surface area (TPSA) is 29.3 Å². The summed E-state index contributed by atoms with van der Waals surface area (Å²) in [5.41, 5.74) is 8.34. The summed E-state index contributed by atoms with van der Waals surface area (Å²) in [5.74, 6) is -0.872. The van der Waals surface area contributed by atoms with E-state index >= 15 is 0 Å². The molecule has 2 N–H and O–H groups in total. The van der Waals surface area contributed by atoms with E-state index in [9.17, 15) is 8.78 Å². The zero-order valence-electron chi connectivity index (χ0n) is 11.6. The summed E-state index contributed by atoms with van der Waals surface area (Å²) >= 11 is 0. The fraction of sp³-hybridized carbons (Fsp3) is 0.250. The van der Waals surface area contributed by atoms with Gasteiger partial charge in [-0.25, -0.2) is 8.78 Å². The minimum Gasteiger partial charge on any atom is -0.378 e. The highest BCUT2D eigenvalue weighted by atomic mass is 19.1. The molecule has 0 radical (unpaired) electrons. The molecule has 0 saturated carbocycles. The van der Waals surface area contributed by atoms with Gasteiger partial charge < -0.3 is 10.6 Å². The molecule has 0 spiro atoms. The van der Waals surface area contributed by atoms with Crippen LogP contribution in [0.4, 0.5) is 14.5 Å². The Labute approximate surface area is 117 Å². The molecule has 0 aliphatic heterocycles. The number of halogens is 2. The third-order valence-corrected chi connectivity index (χ3v) is 3.29. The SMILES string of the molecule is CN(C)c1ccc(C(N)Cc2cc(F)ccc2F)cc1. The van der Waals surface area contributed by atoms with Gasteiger partial charge in [-0.05, 0) is 47.9 Å². The molecule has 0 heterocycles. The van der Waals surface area contributed by atoms with Crippen LogP contribution in [-0.2, 0) is 6.42 Å². The minimum absolute atomic E-state index is 0.269. The van der Waals surface area contributed by atoms with Crippen molar-refractivity contribution in [2.45, 2.75) is 12.5 Å². The van der Waals surface area contributed by atoms with Crippen LogP contribution in [0, 0.1) is 11.6 Å². The quantitative estimate of drug-likeness (QED) is 0.928. The average molecular weight is 276 g/mol. The molecule has 2 rings (SSSR count). The van der Waals surface area contributed by atoms with E-state index in [1.807, 2.05) is 43.3 Å². The predicted molar refractivity (Wildman–Crippen MR) is 77.8 cm³/mol. The molecule has 2 aromatic rings. The molecule has 4 heteroatoms. The number of rotatable bonds is 4. The molecule has 0 aromatic heterocycles. The molecule has 106 valence electrons. The van der Waals surface area contributed by atoms with Gasteiger partial charge in [0.1, 0.15) is 11.6 Å². The molecular weight excluding hydrogens is 258 g/mol. The van der Waals surface area contributed by atoms with Crippen LogP contribution in [0.15, 0.2) is 42.5 Å². The molecule has 0 bridgehead atoms. The Hall–Kier alpha value is -1.94. The molecule has 2 nitrogen and oxygen atoms in total. The smallest absolute Gasteiger partial charge is 0.126 e. The lowest BCUT2D eigenvalue weighted by Crippen LogP contribution is -2.15. The highest BCUT2D eigenvalue weighted by Gasteiger charge is 2.11. The number of nitrogens with zero attached hydrogens (tertiary/aromatic N) is 1. The molecule has 1 atom stereocenters. The van der Waals surface area contributed by atoms with Crippen molar-refractivity contribution in [3.8, 4) is 0 Å². The van der Waals surface area contributed by atoms with Gasteiger partial charge >= 0.3 is 0 Å². The normalized spacial score (nSPS) is 12.2. The fourth-order valence-corrected chi connectivity index (χ4v) is 2.07. The molecule has 0 saturated heterocycles. The fourth-order valence-electron chi connectivity index (χ4n) is 2.07. The highest BCUT2D eigenvalue weighted by molar-refractivity contribution is 5.46. The van der Waals surface area contributed by atoms with Crippen LogP contribution < -0.4 is 10.6 Å². The second kappa shape index (κ2) is 6.01. The van der Waals surface area contributed by atoms with E-state index in [0.717, 1.165) is 23.4 Å². The summed E-state index contributed by atoms with van der Waals surface area (Å²) in [6.07, 6.45) is 0.269. The second-order valence-corrected chi connectivity index (χ2v) is 5.03. The maximum atomic E-state index is 13.6. The van der Waals surface area contributed by atoms with Gasteiger partial charge in [0.05, 0.1) is 0 Å². The van der Waals surface area contributed by atoms with Crippen LogP contribution in [0.5, 0.6) is 0 Å². The van der Waals surface area contributed by atoms with Crippen molar-refractivity contribution in [2.24, 2.45) is 5.73 Å². The number of hydrogen-bond donors (Lipinski definition) is 1. The molecule has 0 amide bonds. The zero-order valence-corrected chi connectivity index (χ0v) is 11.6. The Kier molecular flexibility index (Phi) is 4.35. The number of nitrogens with two attached hydrogens (primary N) is 1. The highest BCUT2D eigenvalue weighted by Crippen LogP contribution is 2.21. The minimum atomic E-state index is -0.448. The first-order valence-corrected chi connectivity index (χ1v) is 6.44. The van der Waals surface area contributed by atoms with Crippen molar-refractivity contribution >= 4 is 5.69 Å². The molecule has 0 fully saturated rings. The van der Waals surface area contributed by atoms with Crippen LogP contribution in [0.1, 0.15) is 17.2 Å². The predicted octanol–water partition coefficient (Wildman–Crippen LogP) is 3.27. The van der Waals surface area contributed by atoms with Crippen LogP contribution in [0.2, 0.25) is 0 Å². The Morgan fingerprint density at radius 2 is 1.70 bits per heavy atom. The lowest BCUT2D eigenvalue weighted by molar-refractivity contribution is 0.572. The van der Waals surface area contributed by atoms with Crippen molar-refractivity contribution in [1.82, 2.24) is 0 Å². The van der Waals surface area contributed by atoms with Gasteiger partial charge in [-0.15, -0.1) is 0 Å². The van der Waals surface area contributed by atoms with E-state index in [4.69, 9.17) is 5.73 Å². The lowest BCUT2D eigenvalue weighted by atomic mass is 9.99. The second-order valence-electron chi connectivity index (χ2n) is 5.03. The zero-order chi connectivity index (χ0) is 14.7. The van der Waals surface area contributed by atoms with Crippen molar-refractivity contribution < 1.29 is 8.78 Å². The largest absolute Gasteiger partial charge is 0.378 e. The van der Waals surface area contributed by atoms with Gasteiger partial charge in [0, 0.05) is 25.8 Å². The first kappa shape index (κ1) is 14.5. The van der Waals surface area contributed by atoms with Gasteiger partial charge in [0.15, 0.2) is 0 Å². The van der Waals surface area contributed by atoms with Gasteiger partial charge in [0.25, 0.3) is 0 Å². The van der Waals surface area contributed by atoms with Crippen molar-refractivity contribution in [1.29, 1.82) is 0 Å². The Balaban J connectivity index is 2.15. The molecule has 2 aromatic carbocycles. The van der Waals surface area contributed by atoms with Crippen LogP contribution in [-0.4, -0.2) is 14.1 Å². The Morgan fingerprint density at radius 1 is 1.05 bits per heavy atom. The van der Waals surface area contributed by atoms with E-state index in [-0.39, 0.29) is 12.5 Å². The summed E-state index contributed by atoms with van der Waals surface area (Å²) in [4.78, 5) is 1.99. The first-order valence-electron chi connectivity index (χ1n) is 6.44. The lowest BCUT2D eigenvalue weighted by Gasteiger charge is -2.16. The van der Waals surface area contributed by atoms with E-state index in [2.05, 4.69) is 0 Å². The summed E-state index contributed by atoms with van der Waals surface area (Å²) in [7, 11) is 3.91. The van der Waals surface area contributed by atoms with Gasteiger partial charge in [-0.2, -0.15) is 0 Å². The third-order valence-electron chi connectivity index (χ3n) is 3.29. The van der Waals surface area contributed by atoms with E-state index < -0.39 is 11.6 Å². The van der Waals surface area contributed by atoms with Gasteiger partial charge in [-0.1, -0.05) is 12.1 Å². The van der Waals surface area contributed by atoms with Crippen LogP contribution in [0.3, 0.4) is 0 Å². The summed E-state index contributed by atoms with van der Waals surface area (Å²) in [6.45, 7) is 0. The number of hydrogen-bond acceptors (Lipinski definition) is 2. The maximum absolute atomic E-state index is 13.6.